The van der Waals surface area contributed by atoms with E-state index < -0.39 is 0 Å². The van der Waals surface area contributed by atoms with Gasteiger partial charge in [-0.2, -0.15) is 0 Å². The molecule has 0 atom stereocenters. The lowest BCUT2D eigenvalue weighted by Gasteiger charge is -2.19. The molecule has 0 bridgehead atoms. The minimum Gasteiger partial charge on any atom is -0.278 e. The molecule has 0 N–H and O–H groups in total. The summed E-state index contributed by atoms with van der Waals surface area (Å²) >= 11 is 9.58. The van der Waals surface area contributed by atoms with Crippen molar-refractivity contribution in [1.29, 1.82) is 0 Å². The van der Waals surface area contributed by atoms with Gasteiger partial charge in [-0.3, -0.25) is 14.7 Å². The van der Waals surface area contributed by atoms with Crippen LogP contribution in [0, 0.1) is 6.92 Å². The molecule has 2 aromatic carbocycles. The van der Waals surface area contributed by atoms with Crippen LogP contribution in [0.5, 0.6) is 0 Å². The number of benzene rings is 2. The van der Waals surface area contributed by atoms with Crippen LogP contribution in [0.1, 0.15) is 28.5 Å². The predicted molar refractivity (Wildman–Crippen MR) is 127 cm³/mol. The molecule has 4 rings (SSSR count). The summed E-state index contributed by atoms with van der Waals surface area (Å²) in [6.07, 6.45) is 1.73. The molecule has 0 unspecified atom stereocenters. The number of nitrogens with zero attached hydrogens (tertiary/aromatic N) is 3. The molecule has 0 aliphatic carbocycles. The number of halogens is 1. The van der Waals surface area contributed by atoms with Gasteiger partial charge in [-0.1, -0.05) is 42.0 Å². The van der Waals surface area contributed by atoms with Crippen LogP contribution < -0.4 is 4.90 Å². The van der Waals surface area contributed by atoms with E-state index in [0.29, 0.717) is 22.3 Å². The van der Waals surface area contributed by atoms with Gasteiger partial charge >= 0.3 is 0 Å². The summed E-state index contributed by atoms with van der Waals surface area (Å²) in [6.45, 7) is 4.44. The third kappa shape index (κ3) is 4.36. The lowest BCUT2D eigenvalue weighted by atomic mass is 10.2. The molecular formula is C23H20ClN3OS2. The minimum absolute atomic E-state index is 0.110. The van der Waals surface area contributed by atoms with Crippen LogP contribution in [0.4, 0.5) is 5.13 Å². The van der Waals surface area contributed by atoms with Crippen molar-refractivity contribution in [2.75, 3.05) is 10.7 Å². The SMILES string of the molecule is CCSc1ccc(C(=O)N(Cc2ccccn2)c2nc3c(C)ccc(Cl)c3s2)cc1. The van der Waals surface area contributed by atoms with Crippen molar-refractivity contribution >= 4 is 56.0 Å². The molecule has 1 amide bonds. The van der Waals surface area contributed by atoms with Crippen molar-refractivity contribution in [2.45, 2.75) is 25.3 Å². The highest BCUT2D eigenvalue weighted by Crippen LogP contribution is 2.36. The average molecular weight is 454 g/mol. The molecule has 0 radical (unpaired) electrons. The molecule has 30 heavy (non-hydrogen) atoms. The fraction of sp³-hybridized carbons (Fsp3) is 0.174. The number of aromatic nitrogens is 2. The van der Waals surface area contributed by atoms with Crippen molar-refractivity contribution in [3.8, 4) is 0 Å². The second-order valence-electron chi connectivity index (χ2n) is 6.71. The number of thioether (sulfide) groups is 1. The van der Waals surface area contributed by atoms with Crippen molar-refractivity contribution in [3.63, 3.8) is 0 Å². The van der Waals surface area contributed by atoms with Gasteiger partial charge in [0.2, 0.25) is 0 Å². The zero-order valence-corrected chi connectivity index (χ0v) is 19.0. The monoisotopic (exact) mass is 453 g/mol. The predicted octanol–water partition coefficient (Wildman–Crippen LogP) is 6.61. The number of aryl methyl sites for hydroxylation is 1. The van der Waals surface area contributed by atoms with E-state index in [4.69, 9.17) is 16.6 Å². The highest BCUT2D eigenvalue weighted by Gasteiger charge is 2.23. The average Bonchev–Trinajstić information content (AvgIpc) is 3.22. The summed E-state index contributed by atoms with van der Waals surface area (Å²) < 4.78 is 0.889. The van der Waals surface area contributed by atoms with Crippen LogP contribution in [0.2, 0.25) is 5.02 Å². The van der Waals surface area contributed by atoms with Crippen molar-refractivity contribution in [3.05, 3.63) is 82.6 Å². The maximum atomic E-state index is 13.5. The van der Waals surface area contributed by atoms with Gasteiger partial charge in [0.05, 0.1) is 27.5 Å². The number of hydrogen-bond acceptors (Lipinski definition) is 5. The first-order valence-electron chi connectivity index (χ1n) is 9.57. The highest BCUT2D eigenvalue weighted by atomic mass is 35.5. The van der Waals surface area contributed by atoms with Crippen molar-refractivity contribution in [2.24, 2.45) is 0 Å². The smallest absolute Gasteiger partial charge is 0.260 e. The number of hydrogen-bond donors (Lipinski definition) is 0. The number of pyridine rings is 1. The Balaban J connectivity index is 1.75. The minimum atomic E-state index is -0.110. The second kappa shape index (κ2) is 9.16. The summed E-state index contributed by atoms with van der Waals surface area (Å²) in [6, 6.07) is 17.2. The molecule has 2 heterocycles. The van der Waals surface area contributed by atoms with Crippen molar-refractivity contribution < 1.29 is 4.79 Å². The molecule has 0 fully saturated rings. The third-order valence-electron chi connectivity index (χ3n) is 4.62. The zero-order valence-electron chi connectivity index (χ0n) is 16.6. The second-order valence-corrected chi connectivity index (χ2v) is 9.43. The molecule has 0 saturated heterocycles. The van der Waals surface area contributed by atoms with E-state index in [1.165, 1.54) is 11.3 Å². The van der Waals surface area contributed by atoms with E-state index in [9.17, 15) is 4.79 Å². The standard InChI is InChI=1S/C23H20ClN3OS2/c1-3-29-18-10-8-16(9-11-18)22(28)27(14-17-6-4-5-13-25-17)23-26-20-15(2)7-12-19(24)21(20)30-23/h4-13H,3,14H2,1-2H3. The van der Waals surface area contributed by atoms with Gasteiger partial charge in [-0.15, -0.1) is 11.8 Å². The first-order chi connectivity index (χ1) is 14.6. The van der Waals surface area contributed by atoms with Gasteiger partial charge in [-0.05, 0) is 60.7 Å². The lowest BCUT2D eigenvalue weighted by molar-refractivity contribution is 0.0984. The van der Waals surface area contributed by atoms with E-state index in [1.807, 2.05) is 61.5 Å². The fourth-order valence-corrected chi connectivity index (χ4v) is 5.08. The number of amides is 1. The highest BCUT2D eigenvalue weighted by molar-refractivity contribution is 7.99. The van der Waals surface area contributed by atoms with Crippen LogP contribution in [-0.2, 0) is 6.54 Å². The molecule has 0 aliphatic rings. The van der Waals surface area contributed by atoms with E-state index in [2.05, 4.69) is 11.9 Å². The lowest BCUT2D eigenvalue weighted by Crippen LogP contribution is -2.30. The fourth-order valence-electron chi connectivity index (χ4n) is 3.10. The van der Waals surface area contributed by atoms with Crippen LogP contribution in [0.15, 0.2) is 65.7 Å². The summed E-state index contributed by atoms with van der Waals surface area (Å²) in [7, 11) is 0. The van der Waals surface area contributed by atoms with Crippen molar-refractivity contribution in [1.82, 2.24) is 9.97 Å². The van der Waals surface area contributed by atoms with Gasteiger partial charge in [0.15, 0.2) is 5.13 Å². The van der Waals surface area contributed by atoms with Crippen LogP contribution in [0.25, 0.3) is 10.2 Å². The molecule has 0 saturated carbocycles. The maximum absolute atomic E-state index is 13.5. The molecular weight excluding hydrogens is 434 g/mol. The first kappa shape index (κ1) is 20.8. The number of anilines is 1. The summed E-state index contributed by atoms with van der Waals surface area (Å²) in [5, 5.41) is 1.26. The van der Waals surface area contributed by atoms with Gasteiger partial charge in [0.25, 0.3) is 5.91 Å². The number of rotatable bonds is 6. The Labute approximate surface area is 188 Å². The molecule has 0 aliphatic heterocycles. The third-order valence-corrected chi connectivity index (χ3v) is 7.05. The molecule has 4 aromatic rings. The van der Waals surface area contributed by atoms with E-state index >= 15 is 0 Å². The quantitative estimate of drug-likeness (QED) is 0.308. The maximum Gasteiger partial charge on any atom is 0.260 e. The molecule has 7 heteroatoms. The summed E-state index contributed by atoms with van der Waals surface area (Å²) in [5.74, 6) is 0.881. The van der Waals surface area contributed by atoms with Gasteiger partial charge in [0, 0.05) is 16.7 Å². The Morgan fingerprint density at radius 3 is 2.60 bits per heavy atom. The van der Waals surface area contributed by atoms with Gasteiger partial charge in [0.1, 0.15) is 0 Å². The van der Waals surface area contributed by atoms with Gasteiger partial charge in [-0.25, -0.2) is 4.98 Å². The van der Waals surface area contributed by atoms with Crippen LogP contribution in [0.3, 0.4) is 0 Å². The Hall–Kier alpha value is -2.41. The zero-order chi connectivity index (χ0) is 21.1. The molecule has 0 spiro atoms. The van der Waals surface area contributed by atoms with Gasteiger partial charge < -0.3 is 0 Å². The van der Waals surface area contributed by atoms with Crippen LogP contribution in [-0.4, -0.2) is 21.6 Å². The first-order valence-corrected chi connectivity index (χ1v) is 11.7. The number of carbonyl (C=O) groups is 1. The number of fused-ring (bicyclic) bond motifs is 1. The van der Waals surface area contributed by atoms with E-state index in [-0.39, 0.29) is 5.91 Å². The largest absolute Gasteiger partial charge is 0.278 e. The summed E-state index contributed by atoms with van der Waals surface area (Å²) in [5.41, 5.74) is 3.28. The Kier molecular flexibility index (Phi) is 6.37. The molecule has 152 valence electrons. The normalized spacial score (nSPS) is 11.0. The topological polar surface area (TPSA) is 46.1 Å². The number of thiazole rings is 1. The Morgan fingerprint density at radius 2 is 1.93 bits per heavy atom. The Morgan fingerprint density at radius 1 is 1.13 bits per heavy atom. The summed E-state index contributed by atoms with van der Waals surface area (Å²) in [4.78, 5) is 25.5. The van der Waals surface area contributed by atoms with E-state index in [0.717, 1.165) is 32.1 Å². The van der Waals surface area contributed by atoms with Crippen LogP contribution >= 0.6 is 34.7 Å². The Bertz CT molecular complexity index is 1140. The molecule has 4 nitrogen and oxygen atoms in total. The van der Waals surface area contributed by atoms with E-state index in [1.54, 1.807) is 22.9 Å². The number of carbonyl (C=O) groups excluding carboxylic acids is 1. The molecule has 2 aromatic heterocycles.